The number of aryl methyl sites for hydroxylation is 1. The molecule has 1 nitrogen and oxygen atoms in total. The molecule has 1 aromatic rings. The smallest absolute Gasteiger partial charge is 0.126 e. The van der Waals surface area contributed by atoms with E-state index >= 15 is 0 Å². The minimum absolute atomic E-state index is 0.186. The molecule has 0 radical (unpaired) electrons. The van der Waals surface area contributed by atoms with Gasteiger partial charge in [0.1, 0.15) is 5.82 Å². The van der Waals surface area contributed by atoms with Gasteiger partial charge >= 0.3 is 0 Å². The molecule has 2 saturated carbocycles. The Morgan fingerprint density at radius 3 is 2.48 bits per heavy atom. The first kappa shape index (κ1) is 15.0. The molecule has 0 heterocycles. The van der Waals surface area contributed by atoms with Crippen molar-refractivity contribution in [3.8, 4) is 0 Å². The van der Waals surface area contributed by atoms with Crippen molar-refractivity contribution in [1.29, 1.82) is 0 Å². The lowest BCUT2D eigenvalue weighted by atomic mass is 9.63. The van der Waals surface area contributed by atoms with E-state index in [1.807, 2.05) is 12.1 Å². The van der Waals surface area contributed by atoms with Crippen LogP contribution in [0.15, 0.2) is 18.2 Å². The number of benzene rings is 1. The Morgan fingerprint density at radius 1 is 1.05 bits per heavy atom. The molecular formula is C19H27FO. The van der Waals surface area contributed by atoms with Gasteiger partial charge in [0.2, 0.25) is 0 Å². The fraction of sp³-hybridized carbons (Fsp3) is 0.684. The van der Waals surface area contributed by atoms with Crippen molar-refractivity contribution in [3.05, 3.63) is 35.1 Å². The van der Waals surface area contributed by atoms with Crippen LogP contribution >= 0.6 is 0 Å². The van der Waals surface area contributed by atoms with Crippen LogP contribution in [0.1, 0.15) is 68.9 Å². The predicted octanol–water partition coefficient (Wildman–Crippen LogP) is 5.09. The van der Waals surface area contributed by atoms with E-state index in [9.17, 15) is 9.50 Å². The highest BCUT2D eigenvalue weighted by Gasteiger charge is 2.44. The lowest BCUT2D eigenvalue weighted by molar-refractivity contribution is -0.0836. The molecule has 1 N–H and O–H groups in total. The van der Waals surface area contributed by atoms with E-state index in [2.05, 4.69) is 0 Å². The van der Waals surface area contributed by atoms with Gasteiger partial charge in [-0.2, -0.15) is 0 Å². The highest BCUT2D eigenvalue weighted by molar-refractivity contribution is 5.29. The van der Waals surface area contributed by atoms with Crippen molar-refractivity contribution in [3.63, 3.8) is 0 Å². The van der Waals surface area contributed by atoms with Crippen LogP contribution in [-0.4, -0.2) is 5.11 Å². The van der Waals surface area contributed by atoms with Crippen molar-refractivity contribution >= 4 is 0 Å². The van der Waals surface area contributed by atoms with Gasteiger partial charge in [-0.1, -0.05) is 57.1 Å². The molecule has 1 aromatic carbocycles. The third kappa shape index (κ3) is 2.88. The number of hydrogen-bond donors (Lipinski definition) is 1. The summed E-state index contributed by atoms with van der Waals surface area (Å²) in [5, 5.41) is 11.4. The molecule has 2 atom stereocenters. The second-order valence-corrected chi connectivity index (χ2v) is 7.14. The van der Waals surface area contributed by atoms with Crippen LogP contribution in [0.5, 0.6) is 0 Å². The van der Waals surface area contributed by atoms with Gasteiger partial charge in [0, 0.05) is 0 Å². The fourth-order valence-corrected chi connectivity index (χ4v) is 4.57. The minimum Gasteiger partial charge on any atom is -0.385 e. The van der Waals surface area contributed by atoms with Crippen molar-refractivity contribution in [1.82, 2.24) is 0 Å². The van der Waals surface area contributed by atoms with Gasteiger partial charge < -0.3 is 5.11 Å². The molecule has 21 heavy (non-hydrogen) atoms. The number of aliphatic hydroxyl groups is 1. The highest BCUT2D eigenvalue weighted by atomic mass is 19.1. The minimum atomic E-state index is -0.811. The third-order valence-corrected chi connectivity index (χ3v) is 5.83. The van der Waals surface area contributed by atoms with E-state index in [0.29, 0.717) is 17.4 Å². The van der Waals surface area contributed by atoms with Crippen molar-refractivity contribution in [2.24, 2.45) is 11.8 Å². The van der Waals surface area contributed by atoms with Gasteiger partial charge in [0.15, 0.2) is 0 Å². The van der Waals surface area contributed by atoms with Crippen LogP contribution in [0.3, 0.4) is 0 Å². The molecule has 0 aliphatic heterocycles. The molecule has 2 aliphatic carbocycles. The maximum Gasteiger partial charge on any atom is 0.126 e. The Balaban J connectivity index is 1.91. The monoisotopic (exact) mass is 290 g/mol. The largest absolute Gasteiger partial charge is 0.385 e. The predicted molar refractivity (Wildman–Crippen MR) is 83.6 cm³/mol. The van der Waals surface area contributed by atoms with Crippen LogP contribution in [0.2, 0.25) is 0 Å². The zero-order valence-corrected chi connectivity index (χ0v) is 13.1. The standard InChI is InChI=1S/C19H27FO/c1-14-10-11-16(13-18(14)20)19(21)12-6-5-9-17(19)15-7-3-2-4-8-15/h10-11,13,15,17,21H,2-9,12H2,1H3. The van der Waals surface area contributed by atoms with E-state index in [-0.39, 0.29) is 5.82 Å². The molecule has 0 spiro atoms. The van der Waals surface area contributed by atoms with Crippen LogP contribution < -0.4 is 0 Å². The van der Waals surface area contributed by atoms with E-state index in [1.54, 1.807) is 13.0 Å². The van der Waals surface area contributed by atoms with Crippen molar-refractivity contribution in [2.45, 2.75) is 70.3 Å². The number of halogens is 1. The molecular weight excluding hydrogens is 263 g/mol. The molecule has 0 saturated heterocycles. The summed E-state index contributed by atoms with van der Waals surface area (Å²) in [5.41, 5.74) is 0.655. The summed E-state index contributed by atoms with van der Waals surface area (Å²) in [7, 11) is 0. The quantitative estimate of drug-likeness (QED) is 0.804. The SMILES string of the molecule is Cc1ccc(C2(O)CCCCC2C2CCCCC2)cc1F. The first-order valence-electron chi connectivity index (χ1n) is 8.60. The topological polar surface area (TPSA) is 20.2 Å². The van der Waals surface area contributed by atoms with E-state index in [4.69, 9.17) is 0 Å². The van der Waals surface area contributed by atoms with E-state index in [1.165, 1.54) is 38.5 Å². The van der Waals surface area contributed by atoms with Gasteiger partial charge in [-0.15, -0.1) is 0 Å². The summed E-state index contributed by atoms with van der Waals surface area (Å²) in [6, 6.07) is 5.34. The third-order valence-electron chi connectivity index (χ3n) is 5.83. The summed E-state index contributed by atoms with van der Waals surface area (Å²) in [6.07, 6.45) is 10.5. The Bertz CT molecular complexity index is 492. The van der Waals surface area contributed by atoms with Gasteiger partial charge in [-0.05, 0) is 48.8 Å². The average molecular weight is 290 g/mol. The van der Waals surface area contributed by atoms with Crippen LogP contribution in [0.25, 0.3) is 0 Å². The van der Waals surface area contributed by atoms with Gasteiger partial charge in [0.25, 0.3) is 0 Å². The molecule has 2 heteroatoms. The molecule has 2 aliphatic rings. The Labute approximate surface area is 127 Å². The van der Waals surface area contributed by atoms with Gasteiger partial charge in [0.05, 0.1) is 5.60 Å². The van der Waals surface area contributed by atoms with Crippen LogP contribution in [-0.2, 0) is 5.60 Å². The van der Waals surface area contributed by atoms with E-state index < -0.39 is 5.60 Å². The van der Waals surface area contributed by atoms with Gasteiger partial charge in [-0.3, -0.25) is 0 Å². The number of hydrogen-bond acceptors (Lipinski definition) is 1. The average Bonchev–Trinajstić information content (AvgIpc) is 2.51. The maximum absolute atomic E-state index is 14.0. The summed E-state index contributed by atoms with van der Waals surface area (Å²) in [5.74, 6) is 0.746. The van der Waals surface area contributed by atoms with Crippen molar-refractivity contribution < 1.29 is 9.50 Å². The molecule has 116 valence electrons. The summed E-state index contributed by atoms with van der Waals surface area (Å²) < 4.78 is 14.0. The molecule has 0 aromatic heterocycles. The molecule has 2 fully saturated rings. The molecule has 0 amide bonds. The second-order valence-electron chi connectivity index (χ2n) is 7.14. The molecule has 3 rings (SSSR count). The normalized spacial score (nSPS) is 31.3. The first-order valence-corrected chi connectivity index (χ1v) is 8.60. The van der Waals surface area contributed by atoms with E-state index in [0.717, 1.165) is 24.8 Å². The second kappa shape index (κ2) is 6.08. The molecule has 0 bridgehead atoms. The highest BCUT2D eigenvalue weighted by Crippen LogP contribution is 2.49. The maximum atomic E-state index is 14.0. The zero-order valence-electron chi connectivity index (χ0n) is 13.1. The summed E-state index contributed by atoms with van der Waals surface area (Å²) in [4.78, 5) is 0. The number of rotatable bonds is 2. The Kier molecular flexibility index (Phi) is 4.35. The van der Waals surface area contributed by atoms with Crippen LogP contribution in [0.4, 0.5) is 4.39 Å². The zero-order chi connectivity index (χ0) is 14.9. The fourth-order valence-electron chi connectivity index (χ4n) is 4.57. The van der Waals surface area contributed by atoms with Crippen molar-refractivity contribution in [2.75, 3.05) is 0 Å². The van der Waals surface area contributed by atoms with Gasteiger partial charge in [-0.25, -0.2) is 4.39 Å². The lowest BCUT2D eigenvalue weighted by Gasteiger charge is -2.45. The van der Waals surface area contributed by atoms with Crippen LogP contribution in [0, 0.1) is 24.6 Å². The summed E-state index contributed by atoms with van der Waals surface area (Å²) in [6.45, 7) is 1.78. The summed E-state index contributed by atoms with van der Waals surface area (Å²) >= 11 is 0. The Hall–Kier alpha value is -0.890. The first-order chi connectivity index (χ1) is 10.1. The molecule has 2 unspecified atom stereocenters. The lowest BCUT2D eigenvalue weighted by Crippen LogP contribution is -2.42. The Morgan fingerprint density at radius 2 is 1.76 bits per heavy atom.